The Hall–Kier alpha value is -1.59. The van der Waals surface area contributed by atoms with Gasteiger partial charge in [-0.1, -0.05) is 35.9 Å². The van der Waals surface area contributed by atoms with E-state index in [1.54, 1.807) is 36.4 Å². The van der Waals surface area contributed by atoms with Gasteiger partial charge in [-0.3, -0.25) is 0 Å². The second-order valence-corrected chi connectivity index (χ2v) is 7.21. The van der Waals surface area contributed by atoms with Gasteiger partial charge < -0.3 is 0 Å². The summed E-state index contributed by atoms with van der Waals surface area (Å²) in [5.41, 5.74) is 1.69. The van der Waals surface area contributed by atoms with Crippen LogP contribution in [0.3, 0.4) is 0 Å². The number of benzene rings is 2. The van der Waals surface area contributed by atoms with Gasteiger partial charge in [0.15, 0.2) is 0 Å². The van der Waals surface area contributed by atoms with Crippen LogP contribution in [0.25, 0.3) is 10.9 Å². The van der Waals surface area contributed by atoms with Crippen LogP contribution < -0.4 is 0 Å². The summed E-state index contributed by atoms with van der Waals surface area (Å²) in [5.74, 6) is 0. The summed E-state index contributed by atoms with van der Waals surface area (Å²) >= 11 is 3.34. The predicted molar refractivity (Wildman–Crippen MR) is 83.4 cm³/mol. The number of aromatic nitrogens is 1. The van der Waals surface area contributed by atoms with Crippen LogP contribution >= 0.6 is 15.9 Å². The molecule has 0 spiro atoms. The van der Waals surface area contributed by atoms with Gasteiger partial charge in [-0.2, -0.15) is 0 Å². The van der Waals surface area contributed by atoms with E-state index in [0.717, 1.165) is 10.9 Å². The quantitative estimate of drug-likeness (QED) is 0.702. The summed E-state index contributed by atoms with van der Waals surface area (Å²) in [7, 11) is -3.60. The molecule has 0 atom stereocenters. The lowest BCUT2D eigenvalue weighted by Gasteiger charge is -2.09. The fourth-order valence-electron chi connectivity index (χ4n) is 2.16. The van der Waals surface area contributed by atoms with E-state index in [-0.39, 0.29) is 4.90 Å². The van der Waals surface area contributed by atoms with Crippen molar-refractivity contribution in [1.29, 1.82) is 0 Å². The summed E-state index contributed by atoms with van der Waals surface area (Å²) in [4.78, 5) is 0.283. The van der Waals surface area contributed by atoms with Crippen molar-refractivity contribution in [1.82, 2.24) is 3.97 Å². The monoisotopic (exact) mass is 349 g/mol. The Morgan fingerprint density at radius 1 is 1.00 bits per heavy atom. The lowest BCUT2D eigenvalue weighted by Crippen LogP contribution is -2.13. The van der Waals surface area contributed by atoms with Gasteiger partial charge >= 0.3 is 0 Å². The van der Waals surface area contributed by atoms with Crippen molar-refractivity contribution in [3.8, 4) is 0 Å². The van der Waals surface area contributed by atoms with E-state index in [1.807, 2.05) is 25.1 Å². The zero-order valence-corrected chi connectivity index (χ0v) is 13.1. The largest absolute Gasteiger partial charge is 0.269 e. The molecule has 1 aromatic heterocycles. The van der Waals surface area contributed by atoms with E-state index in [2.05, 4.69) is 15.9 Å². The predicted octanol–water partition coefficient (Wildman–Crippen LogP) is 3.95. The number of rotatable bonds is 2. The van der Waals surface area contributed by atoms with E-state index >= 15 is 0 Å². The minimum absolute atomic E-state index is 0.283. The first kappa shape index (κ1) is 13.4. The third-order valence-corrected chi connectivity index (χ3v) is 5.74. The average molecular weight is 350 g/mol. The summed E-state index contributed by atoms with van der Waals surface area (Å²) in [6.07, 6.45) is 0. The first-order valence-corrected chi connectivity index (χ1v) is 8.32. The number of aryl methyl sites for hydroxylation is 1. The Bertz CT molecular complexity index is 880. The van der Waals surface area contributed by atoms with Crippen LogP contribution in [-0.2, 0) is 10.0 Å². The minimum Gasteiger partial charge on any atom is -0.227 e. The highest BCUT2D eigenvalue weighted by Gasteiger charge is 2.21. The SMILES string of the molecule is Cc1ccc(S(=O)(=O)n2c(Br)cc3ccccc32)cc1. The van der Waals surface area contributed by atoms with Crippen molar-refractivity contribution in [2.24, 2.45) is 0 Å². The van der Waals surface area contributed by atoms with Crippen molar-refractivity contribution in [2.45, 2.75) is 11.8 Å². The molecule has 1 heterocycles. The summed E-state index contributed by atoms with van der Waals surface area (Å²) in [6.45, 7) is 1.93. The summed E-state index contributed by atoms with van der Waals surface area (Å²) in [5, 5.41) is 0.884. The van der Waals surface area contributed by atoms with Crippen LogP contribution in [-0.4, -0.2) is 12.4 Å². The molecule has 0 aliphatic heterocycles. The summed E-state index contributed by atoms with van der Waals surface area (Å²) in [6, 6.07) is 16.1. The normalized spacial score (nSPS) is 11.9. The molecule has 0 saturated heterocycles. The molecule has 0 bridgehead atoms. The fourth-order valence-corrected chi connectivity index (χ4v) is 4.56. The Morgan fingerprint density at radius 3 is 2.35 bits per heavy atom. The molecule has 102 valence electrons. The van der Waals surface area contributed by atoms with Gasteiger partial charge in [0.1, 0.15) is 4.60 Å². The second-order valence-electron chi connectivity index (χ2n) is 4.61. The van der Waals surface area contributed by atoms with Crippen LogP contribution in [0.1, 0.15) is 5.56 Å². The molecule has 3 aromatic rings. The molecule has 0 aliphatic carbocycles. The molecule has 0 radical (unpaired) electrons. The van der Waals surface area contributed by atoms with Crippen molar-refractivity contribution in [2.75, 3.05) is 0 Å². The molecule has 0 N–H and O–H groups in total. The number of halogens is 1. The Balaban J connectivity index is 2.29. The van der Waals surface area contributed by atoms with Crippen LogP contribution in [0.15, 0.2) is 64.1 Å². The molecule has 0 fully saturated rings. The second kappa shape index (κ2) is 4.75. The van der Waals surface area contributed by atoms with Gasteiger partial charge in [0.2, 0.25) is 0 Å². The van der Waals surface area contributed by atoms with E-state index in [1.165, 1.54) is 3.97 Å². The van der Waals surface area contributed by atoms with Crippen LogP contribution in [0, 0.1) is 6.92 Å². The maximum atomic E-state index is 12.8. The van der Waals surface area contributed by atoms with Gasteiger partial charge in [-0.15, -0.1) is 0 Å². The highest BCUT2D eigenvalue weighted by atomic mass is 79.9. The number of fused-ring (bicyclic) bond motifs is 1. The minimum atomic E-state index is -3.60. The fraction of sp³-hybridized carbons (Fsp3) is 0.0667. The van der Waals surface area contributed by atoms with E-state index < -0.39 is 10.0 Å². The lowest BCUT2D eigenvalue weighted by molar-refractivity contribution is 0.588. The van der Waals surface area contributed by atoms with Gasteiger partial charge in [0.05, 0.1) is 10.4 Å². The standard InChI is InChI=1S/C15H12BrNO2S/c1-11-6-8-13(9-7-11)20(18,19)17-14-5-3-2-4-12(14)10-15(17)16/h2-10H,1H3. The number of nitrogens with zero attached hydrogens (tertiary/aromatic N) is 1. The first-order valence-electron chi connectivity index (χ1n) is 6.08. The van der Waals surface area contributed by atoms with E-state index in [4.69, 9.17) is 0 Å². The molecule has 3 rings (SSSR count). The third kappa shape index (κ3) is 2.07. The first-order chi connectivity index (χ1) is 9.50. The zero-order valence-electron chi connectivity index (χ0n) is 10.7. The van der Waals surface area contributed by atoms with Crippen LogP contribution in [0.4, 0.5) is 0 Å². The third-order valence-electron chi connectivity index (χ3n) is 3.18. The molecular formula is C15H12BrNO2S. The molecule has 0 aliphatic rings. The molecule has 20 heavy (non-hydrogen) atoms. The lowest BCUT2D eigenvalue weighted by atomic mass is 10.2. The maximum Gasteiger partial charge on any atom is 0.269 e. The molecule has 0 amide bonds. The highest BCUT2D eigenvalue weighted by Crippen LogP contribution is 2.28. The Labute approximate surface area is 126 Å². The highest BCUT2D eigenvalue weighted by molar-refractivity contribution is 9.10. The molecule has 2 aromatic carbocycles. The Kier molecular flexibility index (Phi) is 3.18. The smallest absolute Gasteiger partial charge is 0.227 e. The van der Waals surface area contributed by atoms with Crippen molar-refractivity contribution in [3.05, 3.63) is 64.8 Å². The maximum absolute atomic E-state index is 12.8. The molecule has 0 saturated carbocycles. The van der Waals surface area contributed by atoms with E-state index in [0.29, 0.717) is 10.1 Å². The van der Waals surface area contributed by atoms with Gasteiger partial charge in [-0.25, -0.2) is 12.4 Å². The van der Waals surface area contributed by atoms with Gasteiger partial charge in [-0.05, 0) is 47.1 Å². The Morgan fingerprint density at radius 2 is 1.65 bits per heavy atom. The molecule has 5 heteroatoms. The molecular weight excluding hydrogens is 338 g/mol. The molecule has 3 nitrogen and oxygen atoms in total. The summed E-state index contributed by atoms with van der Waals surface area (Å²) < 4.78 is 27.4. The number of hydrogen-bond donors (Lipinski definition) is 0. The van der Waals surface area contributed by atoms with E-state index in [9.17, 15) is 8.42 Å². The van der Waals surface area contributed by atoms with Gasteiger partial charge in [0, 0.05) is 5.39 Å². The van der Waals surface area contributed by atoms with Crippen LogP contribution in [0.2, 0.25) is 0 Å². The number of hydrogen-bond acceptors (Lipinski definition) is 2. The zero-order chi connectivity index (χ0) is 14.3. The van der Waals surface area contributed by atoms with Crippen molar-refractivity contribution in [3.63, 3.8) is 0 Å². The van der Waals surface area contributed by atoms with Gasteiger partial charge in [0.25, 0.3) is 10.0 Å². The van der Waals surface area contributed by atoms with Crippen LogP contribution in [0.5, 0.6) is 0 Å². The topological polar surface area (TPSA) is 39.1 Å². The van der Waals surface area contributed by atoms with Crippen molar-refractivity contribution < 1.29 is 8.42 Å². The molecule has 0 unspecified atom stereocenters. The van der Waals surface area contributed by atoms with Crippen molar-refractivity contribution >= 4 is 36.9 Å². The average Bonchev–Trinajstić information content (AvgIpc) is 2.75. The number of para-hydroxylation sites is 1.